The summed E-state index contributed by atoms with van der Waals surface area (Å²) in [4.78, 5) is 10.7. The zero-order valence-electron chi connectivity index (χ0n) is 22.5. The van der Waals surface area contributed by atoms with E-state index in [0.717, 1.165) is 0 Å². The fourth-order valence-corrected chi connectivity index (χ4v) is 4.71. The van der Waals surface area contributed by atoms with Gasteiger partial charge in [0.15, 0.2) is 25.2 Å². The fourth-order valence-electron chi connectivity index (χ4n) is 4.71. The highest BCUT2D eigenvalue weighted by molar-refractivity contribution is 5.70. The van der Waals surface area contributed by atoms with Crippen molar-refractivity contribution in [3.05, 3.63) is 11.9 Å². The molecule has 3 aliphatic heterocycles. The number of rotatable bonds is 12. The first-order valence-electron chi connectivity index (χ1n) is 13.4. The molecule has 2 unspecified atom stereocenters. The highest BCUT2D eigenvalue weighted by atomic mass is 16.7. The molecule has 0 spiro atoms. The van der Waals surface area contributed by atoms with E-state index in [0.29, 0.717) is 6.29 Å². The SMILES string of the molecule is O=Cc1cn(CCO[C@@H]2O[C@H](CO[C@@H]3O[C@H](CO[C@@H]4OC(CO)[C@@H](O)[C@H](O)[C@H]4O)[C@@H](O)C(O)[C@H]3O)[C@@H](O)[C@H](O)[C@H]2O)nn1. The van der Waals surface area contributed by atoms with E-state index in [-0.39, 0.29) is 18.8 Å². The smallest absolute Gasteiger partial charge is 0.186 e. The zero-order valence-corrected chi connectivity index (χ0v) is 22.5. The lowest BCUT2D eigenvalue weighted by molar-refractivity contribution is -0.342. The monoisotopic (exact) mass is 627 g/mol. The van der Waals surface area contributed by atoms with Gasteiger partial charge >= 0.3 is 0 Å². The van der Waals surface area contributed by atoms with Gasteiger partial charge in [0.2, 0.25) is 0 Å². The van der Waals surface area contributed by atoms with Crippen LogP contribution in [0.5, 0.6) is 0 Å². The topological polar surface area (TPSA) is 305 Å². The van der Waals surface area contributed by atoms with Gasteiger partial charge in [-0.3, -0.25) is 4.79 Å². The number of aliphatic hydroxyl groups is 10. The molecule has 0 aliphatic carbocycles. The minimum atomic E-state index is -1.82. The summed E-state index contributed by atoms with van der Waals surface area (Å²) in [7, 11) is 0. The predicted octanol–water partition coefficient (Wildman–Crippen LogP) is -7.44. The second kappa shape index (κ2) is 15.0. The van der Waals surface area contributed by atoms with Crippen LogP contribution in [0.3, 0.4) is 0 Å². The molecule has 4 heterocycles. The van der Waals surface area contributed by atoms with Crippen molar-refractivity contribution in [3.8, 4) is 0 Å². The average Bonchev–Trinajstić information content (AvgIpc) is 3.47. The van der Waals surface area contributed by atoms with Crippen LogP contribution in [0.1, 0.15) is 10.5 Å². The van der Waals surface area contributed by atoms with Crippen LogP contribution in [0, 0.1) is 0 Å². The highest BCUT2D eigenvalue weighted by Crippen LogP contribution is 2.28. The molecule has 3 fully saturated rings. The first-order valence-corrected chi connectivity index (χ1v) is 13.4. The molecule has 10 N–H and O–H groups in total. The van der Waals surface area contributed by atoms with Gasteiger partial charge < -0.3 is 79.5 Å². The van der Waals surface area contributed by atoms with Crippen LogP contribution < -0.4 is 0 Å². The normalized spacial score (nSPS) is 43.9. The Morgan fingerprint density at radius 2 is 1.12 bits per heavy atom. The Bertz CT molecular complexity index is 1020. The fraction of sp³-hybridized carbons (Fsp3) is 0.870. The molecule has 246 valence electrons. The van der Waals surface area contributed by atoms with Crippen LogP contribution in [-0.4, -0.2) is 191 Å². The Balaban J connectivity index is 1.31. The molecule has 0 amide bonds. The van der Waals surface area contributed by atoms with Gasteiger partial charge in [-0.15, -0.1) is 5.10 Å². The Hall–Kier alpha value is -1.83. The first-order chi connectivity index (χ1) is 20.5. The van der Waals surface area contributed by atoms with Crippen molar-refractivity contribution in [2.75, 3.05) is 26.4 Å². The number of carbonyl (C=O) groups excluding carboxylic acids is 1. The summed E-state index contributed by atoms with van der Waals surface area (Å²) in [5.74, 6) is 0. The molecule has 20 heteroatoms. The van der Waals surface area contributed by atoms with Crippen LogP contribution in [0.4, 0.5) is 0 Å². The molecular formula is C23H37N3O17. The van der Waals surface area contributed by atoms with Gasteiger partial charge in [0.25, 0.3) is 0 Å². The largest absolute Gasteiger partial charge is 0.394 e. The van der Waals surface area contributed by atoms with E-state index in [9.17, 15) is 55.9 Å². The number of aldehydes is 1. The number of carbonyl (C=O) groups is 1. The maximum atomic E-state index is 10.7. The molecule has 3 aliphatic rings. The third-order valence-electron chi connectivity index (χ3n) is 7.31. The second-order valence-corrected chi connectivity index (χ2v) is 10.3. The van der Waals surface area contributed by atoms with E-state index in [2.05, 4.69) is 10.3 Å². The molecule has 0 aromatic carbocycles. The zero-order chi connectivity index (χ0) is 31.4. The van der Waals surface area contributed by atoms with Gasteiger partial charge in [-0.1, -0.05) is 5.21 Å². The summed E-state index contributed by atoms with van der Waals surface area (Å²) in [5, 5.41) is 109. The quantitative estimate of drug-likeness (QED) is 0.0962. The highest BCUT2D eigenvalue weighted by Gasteiger charge is 2.49. The Morgan fingerprint density at radius 3 is 1.56 bits per heavy atom. The van der Waals surface area contributed by atoms with Gasteiger partial charge in [-0.2, -0.15) is 0 Å². The van der Waals surface area contributed by atoms with Gasteiger partial charge in [0.1, 0.15) is 78.9 Å². The molecule has 0 radical (unpaired) electrons. The van der Waals surface area contributed by atoms with Gasteiger partial charge in [-0.25, -0.2) is 4.68 Å². The maximum Gasteiger partial charge on any atom is 0.186 e. The van der Waals surface area contributed by atoms with Crippen molar-refractivity contribution in [1.29, 1.82) is 0 Å². The second-order valence-electron chi connectivity index (χ2n) is 10.3. The molecule has 1 aromatic rings. The molecule has 43 heavy (non-hydrogen) atoms. The van der Waals surface area contributed by atoms with Gasteiger partial charge in [0.05, 0.1) is 39.2 Å². The summed E-state index contributed by atoms with van der Waals surface area (Å²) in [6, 6.07) is 0. The number of hydrogen-bond donors (Lipinski definition) is 10. The van der Waals surface area contributed by atoms with Gasteiger partial charge in [-0.05, 0) is 0 Å². The van der Waals surface area contributed by atoms with E-state index in [4.69, 9.17) is 28.4 Å². The van der Waals surface area contributed by atoms with Crippen molar-refractivity contribution < 1.29 is 84.3 Å². The van der Waals surface area contributed by atoms with E-state index >= 15 is 0 Å². The van der Waals surface area contributed by atoms with Crippen molar-refractivity contribution >= 4 is 6.29 Å². The molecule has 15 atom stereocenters. The van der Waals surface area contributed by atoms with Crippen molar-refractivity contribution in [2.24, 2.45) is 0 Å². The molecule has 0 bridgehead atoms. The average molecular weight is 628 g/mol. The van der Waals surface area contributed by atoms with Crippen LogP contribution in [-0.2, 0) is 35.0 Å². The molecule has 4 rings (SSSR count). The lowest BCUT2D eigenvalue weighted by atomic mass is 9.98. The van der Waals surface area contributed by atoms with Gasteiger partial charge in [0, 0.05) is 0 Å². The summed E-state index contributed by atoms with van der Waals surface area (Å²) < 4.78 is 33.9. The summed E-state index contributed by atoms with van der Waals surface area (Å²) in [5.41, 5.74) is 0.0946. The summed E-state index contributed by atoms with van der Waals surface area (Å²) in [6.45, 7) is -1.87. The molecule has 1 aromatic heterocycles. The van der Waals surface area contributed by atoms with Crippen LogP contribution in [0.15, 0.2) is 6.20 Å². The molecule has 20 nitrogen and oxygen atoms in total. The maximum absolute atomic E-state index is 10.7. The number of aliphatic hydroxyl groups excluding tert-OH is 10. The minimum absolute atomic E-state index is 0.0946. The molecule has 3 saturated heterocycles. The Kier molecular flexibility index (Phi) is 11.9. The lowest BCUT2D eigenvalue weighted by Gasteiger charge is -2.43. The molecular weight excluding hydrogens is 590 g/mol. The predicted molar refractivity (Wildman–Crippen MR) is 130 cm³/mol. The number of ether oxygens (including phenoxy) is 6. The van der Waals surface area contributed by atoms with Crippen molar-refractivity contribution in [1.82, 2.24) is 15.0 Å². The lowest BCUT2D eigenvalue weighted by Crippen LogP contribution is -2.62. The Labute approximate surface area is 243 Å². The minimum Gasteiger partial charge on any atom is -0.394 e. The van der Waals surface area contributed by atoms with E-state index in [1.807, 2.05) is 0 Å². The first kappa shape index (κ1) is 34.1. The Morgan fingerprint density at radius 1 is 0.674 bits per heavy atom. The van der Waals surface area contributed by atoms with E-state index in [1.165, 1.54) is 10.9 Å². The van der Waals surface area contributed by atoms with Crippen molar-refractivity contribution in [2.45, 2.75) is 98.7 Å². The standard InChI is InChI=1S/C23H37N3O17/c27-4-8-3-26(25-24-8)1-2-38-21-18(35)16(33)13(30)10(42-21)6-40-23-20(37)17(34)14(31)11(43-23)7-39-22-19(36)15(32)12(29)9(5-28)41-22/h3-4,9-23,28-37H,1-2,5-7H2/t9?,10-,11-,12-,13-,14-,15+,16+,17?,18-,19-,20-,21-,22-,23-/m1/s1. The summed E-state index contributed by atoms with van der Waals surface area (Å²) >= 11 is 0. The van der Waals surface area contributed by atoms with Crippen LogP contribution in [0.2, 0.25) is 0 Å². The number of hydrogen-bond acceptors (Lipinski definition) is 19. The van der Waals surface area contributed by atoms with E-state index in [1.54, 1.807) is 0 Å². The van der Waals surface area contributed by atoms with Crippen LogP contribution >= 0.6 is 0 Å². The van der Waals surface area contributed by atoms with Crippen LogP contribution in [0.25, 0.3) is 0 Å². The van der Waals surface area contributed by atoms with E-state index < -0.39 is 112 Å². The third kappa shape index (κ3) is 7.70. The van der Waals surface area contributed by atoms with Crippen molar-refractivity contribution in [3.63, 3.8) is 0 Å². The third-order valence-corrected chi connectivity index (χ3v) is 7.31. The molecule has 0 saturated carbocycles. The number of aromatic nitrogens is 3. The number of nitrogens with zero attached hydrogens (tertiary/aromatic N) is 3. The summed E-state index contributed by atoms with van der Waals surface area (Å²) in [6.07, 6.45) is -22.3.